The second-order valence-corrected chi connectivity index (χ2v) is 4.76. The minimum atomic E-state index is -0.285. The topological polar surface area (TPSA) is 49.0 Å². The number of halogens is 1. The Balaban J connectivity index is 2.04. The van der Waals surface area contributed by atoms with Crippen LogP contribution in [0.15, 0.2) is 18.5 Å². The van der Waals surface area contributed by atoms with Crippen LogP contribution >= 0.6 is 0 Å². The van der Waals surface area contributed by atoms with Crippen molar-refractivity contribution in [3.8, 4) is 0 Å². The van der Waals surface area contributed by atoms with Crippen LogP contribution in [0.25, 0.3) is 0 Å². The summed E-state index contributed by atoms with van der Waals surface area (Å²) in [5.74, 6) is 0.118. The first-order valence-corrected chi connectivity index (χ1v) is 5.99. The first kappa shape index (κ1) is 12.4. The zero-order valence-electron chi connectivity index (χ0n) is 10.2. The van der Waals surface area contributed by atoms with Gasteiger partial charge < -0.3 is 5.32 Å². The summed E-state index contributed by atoms with van der Waals surface area (Å²) in [5, 5.41) is 3.41. The average Bonchev–Trinajstić information content (AvgIpc) is 2.74. The minimum Gasteiger partial charge on any atom is -0.314 e. The standard InChI is InChI=1S/C12H19FN4/c1-8(2)15-5-10-6-16-17-12(10)9-3-11(13)7-14-4-9/h3-4,7-8,10,12,15-17H,5-6H2,1-2H3. The number of nitrogens with zero attached hydrogens (tertiary/aromatic N) is 1. The zero-order valence-corrected chi connectivity index (χ0v) is 10.2. The smallest absolute Gasteiger partial charge is 0.141 e. The van der Waals surface area contributed by atoms with Crippen molar-refractivity contribution in [1.82, 2.24) is 21.2 Å². The molecule has 0 saturated carbocycles. The lowest BCUT2D eigenvalue weighted by atomic mass is 9.96. The molecule has 1 aromatic heterocycles. The molecule has 1 aliphatic heterocycles. The van der Waals surface area contributed by atoms with Crippen LogP contribution in [-0.2, 0) is 0 Å². The van der Waals surface area contributed by atoms with Crippen molar-refractivity contribution in [2.45, 2.75) is 25.9 Å². The van der Waals surface area contributed by atoms with Gasteiger partial charge >= 0.3 is 0 Å². The maximum absolute atomic E-state index is 13.1. The highest BCUT2D eigenvalue weighted by molar-refractivity contribution is 5.17. The fourth-order valence-electron chi connectivity index (χ4n) is 2.07. The molecule has 0 aromatic carbocycles. The van der Waals surface area contributed by atoms with Crippen molar-refractivity contribution >= 4 is 0 Å². The summed E-state index contributed by atoms with van der Waals surface area (Å²) in [6.45, 7) is 6.02. The van der Waals surface area contributed by atoms with E-state index in [1.54, 1.807) is 12.3 Å². The Morgan fingerprint density at radius 1 is 1.53 bits per heavy atom. The van der Waals surface area contributed by atoms with Gasteiger partial charge in [0.1, 0.15) is 5.82 Å². The van der Waals surface area contributed by atoms with Crippen molar-refractivity contribution in [2.75, 3.05) is 13.1 Å². The SMILES string of the molecule is CC(C)NCC1CNNC1c1cncc(F)c1. The molecule has 1 fully saturated rings. The Morgan fingerprint density at radius 3 is 3.06 bits per heavy atom. The van der Waals surface area contributed by atoms with Crippen molar-refractivity contribution in [3.05, 3.63) is 29.8 Å². The van der Waals surface area contributed by atoms with E-state index in [2.05, 4.69) is 35.0 Å². The number of hydrogen-bond acceptors (Lipinski definition) is 4. The Labute approximate surface area is 101 Å². The predicted molar refractivity (Wildman–Crippen MR) is 64.7 cm³/mol. The number of nitrogens with one attached hydrogen (secondary N) is 3. The molecule has 94 valence electrons. The number of pyridine rings is 1. The third kappa shape index (κ3) is 3.21. The van der Waals surface area contributed by atoms with E-state index in [-0.39, 0.29) is 11.9 Å². The largest absolute Gasteiger partial charge is 0.314 e. The molecule has 0 radical (unpaired) electrons. The van der Waals surface area contributed by atoms with E-state index < -0.39 is 0 Å². The molecule has 0 bridgehead atoms. The summed E-state index contributed by atoms with van der Waals surface area (Å²) in [7, 11) is 0. The Morgan fingerprint density at radius 2 is 2.35 bits per heavy atom. The molecule has 1 aliphatic rings. The first-order valence-electron chi connectivity index (χ1n) is 5.99. The van der Waals surface area contributed by atoms with E-state index in [1.807, 2.05) is 0 Å². The van der Waals surface area contributed by atoms with E-state index >= 15 is 0 Å². The third-order valence-corrected chi connectivity index (χ3v) is 2.97. The molecule has 1 aromatic rings. The van der Waals surface area contributed by atoms with Gasteiger partial charge in [-0.25, -0.2) is 9.82 Å². The monoisotopic (exact) mass is 238 g/mol. The van der Waals surface area contributed by atoms with Gasteiger partial charge in [0.25, 0.3) is 0 Å². The second-order valence-electron chi connectivity index (χ2n) is 4.76. The van der Waals surface area contributed by atoms with Crippen LogP contribution in [0, 0.1) is 11.7 Å². The van der Waals surface area contributed by atoms with E-state index in [4.69, 9.17) is 0 Å². The van der Waals surface area contributed by atoms with E-state index in [0.29, 0.717) is 12.0 Å². The lowest BCUT2D eigenvalue weighted by molar-refractivity contribution is 0.421. The average molecular weight is 238 g/mol. The highest BCUT2D eigenvalue weighted by atomic mass is 19.1. The zero-order chi connectivity index (χ0) is 12.3. The molecule has 2 atom stereocenters. The minimum absolute atomic E-state index is 0.115. The van der Waals surface area contributed by atoms with Gasteiger partial charge in [-0.2, -0.15) is 0 Å². The molecule has 2 unspecified atom stereocenters. The molecule has 4 nitrogen and oxygen atoms in total. The van der Waals surface area contributed by atoms with E-state index in [0.717, 1.165) is 18.7 Å². The van der Waals surface area contributed by atoms with Gasteiger partial charge in [-0.1, -0.05) is 13.8 Å². The van der Waals surface area contributed by atoms with E-state index in [9.17, 15) is 4.39 Å². The third-order valence-electron chi connectivity index (χ3n) is 2.97. The molecule has 1 saturated heterocycles. The number of hydrazine groups is 1. The molecule has 3 N–H and O–H groups in total. The van der Waals surface area contributed by atoms with Crippen LogP contribution in [0.3, 0.4) is 0 Å². The lowest BCUT2D eigenvalue weighted by Gasteiger charge is -2.20. The fraction of sp³-hybridized carbons (Fsp3) is 0.583. The summed E-state index contributed by atoms with van der Waals surface area (Å²) < 4.78 is 13.1. The first-order chi connectivity index (χ1) is 8.16. The maximum Gasteiger partial charge on any atom is 0.141 e. The van der Waals surface area contributed by atoms with Crippen molar-refractivity contribution in [3.63, 3.8) is 0 Å². The summed E-state index contributed by atoms with van der Waals surface area (Å²) in [6.07, 6.45) is 2.95. The summed E-state index contributed by atoms with van der Waals surface area (Å²) >= 11 is 0. The lowest BCUT2D eigenvalue weighted by Crippen LogP contribution is -2.32. The van der Waals surface area contributed by atoms with Crippen LogP contribution in [0.2, 0.25) is 0 Å². The molecule has 0 aliphatic carbocycles. The highest BCUT2D eigenvalue weighted by Crippen LogP contribution is 2.24. The molecule has 2 heterocycles. The van der Waals surface area contributed by atoms with Crippen LogP contribution in [0.4, 0.5) is 4.39 Å². The van der Waals surface area contributed by atoms with Crippen LogP contribution in [0.5, 0.6) is 0 Å². The van der Waals surface area contributed by atoms with Crippen molar-refractivity contribution in [2.24, 2.45) is 5.92 Å². The van der Waals surface area contributed by atoms with Gasteiger partial charge in [0.15, 0.2) is 0 Å². The molecular formula is C12H19FN4. The molecule has 0 amide bonds. The molecule has 2 rings (SSSR count). The van der Waals surface area contributed by atoms with Gasteiger partial charge in [0.2, 0.25) is 0 Å². The quantitative estimate of drug-likeness (QED) is 0.732. The van der Waals surface area contributed by atoms with Crippen molar-refractivity contribution < 1.29 is 4.39 Å². The van der Waals surface area contributed by atoms with Crippen LogP contribution in [0.1, 0.15) is 25.5 Å². The number of aromatic nitrogens is 1. The second kappa shape index (κ2) is 5.53. The molecule has 0 spiro atoms. The fourth-order valence-corrected chi connectivity index (χ4v) is 2.07. The van der Waals surface area contributed by atoms with Gasteiger partial charge in [0.05, 0.1) is 12.2 Å². The Bertz CT molecular complexity index is 369. The summed E-state index contributed by atoms with van der Waals surface area (Å²) in [6, 6.07) is 2.12. The van der Waals surface area contributed by atoms with Gasteiger partial charge in [-0.15, -0.1) is 0 Å². The molecule has 5 heteroatoms. The highest BCUT2D eigenvalue weighted by Gasteiger charge is 2.28. The number of hydrogen-bond donors (Lipinski definition) is 3. The molecular weight excluding hydrogens is 219 g/mol. The van der Waals surface area contributed by atoms with Gasteiger partial charge in [0, 0.05) is 31.2 Å². The van der Waals surface area contributed by atoms with Crippen LogP contribution < -0.4 is 16.2 Å². The van der Waals surface area contributed by atoms with Gasteiger partial charge in [-0.05, 0) is 11.6 Å². The van der Waals surface area contributed by atoms with E-state index in [1.165, 1.54) is 6.20 Å². The summed E-state index contributed by atoms with van der Waals surface area (Å²) in [5.41, 5.74) is 7.20. The van der Waals surface area contributed by atoms with Crippen LogP contribution in [-0.4, -0.2) is 24.1 Å². The maximum atomic E-state index is 13.1. The summed E-state index contributed by atoms with van der Waals surface area (Å²) in [4.78, 5) is 3.90. The Hall–Kier alpha value is -1.04. The predicted octanol–water partition coefficient (Wildman–Crippen LogP) is 0.984. The normalized spacial score (nSPS) is 24.5. The van der Waals surface area contributed by atoms with Gasteiger partial charge in [-0.3, -0.25) is 10.4 Å². The number of rotatable bonds is 4. The Kier molecular flexibility index (Phi) is 4.04. The van der Waals surface area contributed by atoms with Crippen molar-refractivity contribution in [1.29, 1.82) is 0 Å². The molecule has 17 heavy (non-hydrogen) atoms.